The largest absolute Gasteiger partial charge is 0.386 e. The maximum Gasteiger partial charge on any atom is 0.207 e. The predicted molar refractivity (Wildman–Crippen MR) is 190 cm³/mol. The number of benzene rings is 1. The number of allylic oxidation sites excluding steroid dienone is 12. The first kappa shape index (κ1) is 37.6. The van der Waals surface area contributed by atoms with Crippen LogP contribution in [0.2, 0.25) is 0 Å². The first-order valence-corrected chi connectivity index (χ1v) is 15.4. The molecule has 0 aromatic heterocycles. The van der Waals surface area contributed by atoms with Crippen LogP contribution in [0.25, 0.3) is 0 Å². The molecule has 236 valence electrons. The molecule has 0 aliphatic rings. The summed E-state index contributed by atoms with van der Waals surface area (Å²) in [6.45, 7) is 16.1. The first-order valence-electron chi connectivity index (χ1n) is 15.4. The molecule has 1 rings (SSSR count). The lowest BCUT2D eigenvalue weighted by Crippen LogP contribution is -2.50. The van der Waals surface area contributed by atoms with Crippen molar-refractivity contribution in [3.05, 3.63) is 145 Å². The van der Waals surface area contributed by atoms with E-state index in [9.17, 15) is 4.79 Å². The van der Waals surface area contributed by atoms with Crippen LogP contribution in [0, 0.1) is 5.92 Å². The molecule has 0 saturated heterocycles. The first-order chi connectivity index (χ1) is 21.4. The molecule has 0 bridgehead atoms. The van der Waals surface area contributed by atoms with Crippen LogP contribution in [0.15, 0.2) is 145 Å². The van der Waals surface area contributed by atoms with Crippen LogP contribution in [0.5, 0.6) is 0 Å². The Balaban J connectivity index is 3.65. The van der Waals surface area contributed by atoms with E-state index >= 15 is 0 Å². The van der Waals surface area contributed by atoms with E-state index < -0.39 is 5.54 Å². The van der Waals surface area contributed by atoms with Gasteiger partial charge in [0, 0.05) is 12.5 Å². The molecule has 0 spiro atoms. The van der Waals surface area contributed by atoms with Crippen LogP contribution >= 0.6 is 0 Å². The van der Waals surface area contributed by atoms with Gasteiger partial charge in [-0.05, 0) is 62.7 Å². The predicted octanol–water partition coefficient (Wildman–Crippen LogP) is 8.10. The lowest BCUT2D eigenvalue weighted by molar-refractivity contribution is -0.110. The van der Waals surface area contributed by atoms with Gasteiger partial charge in [-0.2, -0.15) is 0 Å². The summed E-state index contributed by atoms with van der Waals surface area (Å²) in [5, 5.41) is 9.22. The SMILES string of the molecule is C=C/C=C(\C=C/C)C(/C(C=C)=C/C=C\C)(c1ccccc1)N(N)/N=C(\N)CC[C@H](/C=C/C=C\C=C/C)C[C@H](CCC)NC=O. The Bertz CT molecular complexity index is 1250. The monoisotopic (exact) mass is 595 g/mol. The third-order valence-corrected chi connectivity index (χ3v) is 7.15. The number of carbonyl (C=O) groups is 1. The number of nitrogens with zero attached hydrogens (tertiary/aromatic N) is 2. The number of hydrazone groups is 1. The van der Waals surface area contributed by atoms with Crippen molar-refractivity contribution in [1.82, 2.24) is 10.4 Å². The Morgan fingerprint density at radius 3 is 2.27 bits per heavy atom. The second-order valence-corrected chi connectivity index (χ2v) is 10.3. The molecule has 0 fully saturated rings. The number of hydrogen-bond acceptors (Lipinski definition) is 4. The average Bonchev–Trinajstić information content (AvgIpc) is 3.02. The molecule has 6 nitrogen and oxygen atoms in total. The molecule has 0 radical (unpaired) electrons. The fourth-order valence-electron chi connectivity index (χ4n) is 5.15. The molecular weight excluding hydrogens is 542 g/mol. The van der Waals surface area contributed by atoms with E-state index in [0.717, 1.165) is 48.8 Å². The van der Waals surface area contributed by atoms with E-state index in [4.69, 9.17) is 16.7 Å². The molecule has 5 N–H and O–H groups in total. The maximum absolute atomic E-state index is 11.3. The van der Waals surface area contributed by atoms with Gasteiger partial charge in [-0.15, -0.1) is 5.10 Å². The van der Waals surface area contributed by atoms with Crippen molar-refractivity contribution in [3.8, 4) is 0 Å². The van der Waals surface area contributed by atoms with E-state index in [2.05, 4.69) is 31.5 Å². The van der Waals surface area contributed by atoms with E-state index in [0.29, 0.717) is 12.3 Å². The number of carbonyl (C=O) groups excluding carboxylic acids is 1. The van der Waals surface area contributed by atoms with Crippen molar-refractivity contribution in [1.29, 1.82) is 0 Å². The highest BCUT2D eigenvalue weighted by molar-refractivity contribution is 5.80. The minimum atomic E-state index is -1.05. The third-order valence-electron chi connectivity index (χ3n) is 7.15. The lowest BCUT2D eigenvalue weighted by atomic mass is 9.75. The van der Waals surface area contributed by atoms with E-state index in [-0.39, 0.29) is 12.0 Å². The molecule has 44 heavy (non-hydrogen) atoms. The summed E-state index contributed by atoms with van der Waals surface area (Å²) >= 11 is 0. The van der Waals surface area contributed by atoms with Gasteiger partial charge in [-0.1, -0.05) is 142 Å². The summed E-state index contributed by atoms with van der Waals surface area (Å²) in [7, 11) is 0. The summed E-state index contributed by atoms with van der Waals surface area (Å²) < 4.78 is 0. The van der Waals surface area contributed by atoms with Gasteiger partial charge in [-0.3, -0.25) is 4.79 Å². The van der Waals surface area contributed by atoms with Crippen LogP contribution in [0.4, 0.5) is 0 Å². The number of nitrogens with two attached hydrogens (primary N) is 2. The second kappa shape index (κ2) is 22.2. The fourth-order valence-corrected chi connectivity index (χ4v) is 5.15. The Labute approximate surface area is 266 Å². The molecule has 1 aromatic rings. The molecule has 0 heterocycles. The second-order valence-electron chi connectivity index (χ2n) is 10.3. The summed E-state index contributed by atoms with van der Waals surface area (Å²) in [5.41, 5.74) is 8.15. The molecule has 6 heteroatoms. The smallest absolute Gasteiger partial charge is 0.207 e. The van der Waals surface area contributed by atoms with E-state index in [1.54, 1.807) is 12.2 Å². The van der Waals surface area contributed by atoms with E-state index in [1.807, 2.05) is 118 Å². The molecule has 0 saturated carbocycles. The van der Waals surface area contributed by atoms with Crippen molar-refractivity contribution in [2.45, 2.75) is 71.4 Å². The number of hydrogen-bond donors (Lipinski definition) is 3. The molecule has 1 aromatic carbocycles. The van der Waals surface area contributed by atoms with Crippen LogP contribution in [0.3, 0.4) is 0 Å². The Morgan fingerprint density at radius 2 is 1.68 bits per heavy atom. The highest BCUT2D eigenvalue weighted by Gasteiger charge is 2.43. The maximum atomic E-state index is 11.3. The molecule has 0 aliphatic heterocycles. The number of nitrogens with one attached hydrogen (secondary N) is 1. The summed E-state index contributed by atoms with van der Waals surface area (Å²) in [5.74, 6) is 7.53. The fraction of sp³-hybridized carbons (Fsp3) is 0.316. The van der Waals surface area contributed by atoms with Crippen molar-refractivity contribution < 1.29 is 4.79 Å². The van der Waals surface area contributed by atoms with Crippen molar-refractivity contribution in [2.24, 2.45) is 22.6 Å². The summed E-state index contributed by atoms with van der Waals surface area (Å²) in [6, 6.07) is 10.1. The Kier molecular flexibility index (Phi) is 18.9. The molecule has 1 amide bonds. The van der Waals surface area contributed by atoms with Crippen molar-refractivity contribution >= 4 is 12.2 Å². The zero-order valence-corrected chi connectivity index (χ0v) is 27.1. The van der Waals surface area contributed by atoms with Gasteiger partial charge in [0.15, 0.2) is 0 Å². The summed E-state index contributed by atoms with van der Waals surface area (Å²) in [4.78, 5) is 11.3. The number of amidine groups is 1. The normalized spacial score (nSPS) is 16.2. The topological polar surface area (TPSA) is 96.7 Å². The van der Waals surface area contributed by atoms with Gasteiger partial charge in [0.2, 0.25) is 6.41 Å². The van der Waals surface area contributed by atoms with Crippen LogP contribution < -0.4 is 16.9 Å². The standard InChI is InChI=1S/C38H53N5O/c1-7-13-15-16-18-24-32(30-36(23-11-5)41-31-44)28-29-37(39)42-43(40)38(33(12-6)25-14-8-2,34(21-9-3)22-10-4)35-26-19-17-20-27-35/h7-10,12-22,24-27,31-32,36H,3,6,11,23,28-30,40H2,1-2,4-5H3,(H2,39,42)(H,41,44)/b13-7-,14-8-,16-15-,22-10-,24-18+,33-25+,34-21+/t32-,36-,38?/m0/s1. The van der Waals surface area contributed by atoms with Gasteiger partial charge >= 0.3 is 0 Å². The van der Waals surface area contributed by atoms with E-state index in [1.165, 1.54) is 5.12 Å². The van der Waals surface area contributed by atoms with Crippen molar-refractivity contribution in [2.75, 3.05) is 0 Å². The zero-order valence-electron chi connectivity index (χ0n) is 27.1. The molecule has 1 unspecified atom stereocenters. The van der Waals surface area contributed by atoms with Gasteiger partial charge in [0.05, 0.1) is 0 Å². The molecule has 3 atom stereocenters. The van der Waals surface area contributed by atoms with Gasteiger partial charge in [0.25, 0.3) is 0 Å². The molecular formula is C38H53N5O. The summed E-state index contributed by atoms with van der Waals surface area (Å²) in [6.07, 6.45) is 32.2. The average molecular weight is 596 g/mol. The quantitative estimate of drug-likeness (QED) is 0.0334. The highest BCUT2D eigenvalue weighted by atomic mass is 16.1. The van der Waals surface area contributed by atoms with Crippen molar-refractivity contribution in [3.63, 3.8) is 0 Å². The number of amides is 1. The van der Waals surface area contributed by atoms with Gasteiger partial charge in [-0.25, -0.2) is 11.0 Å². The van der Waals surface area contributed by atoms with Crippen LogP contribution in [-0.4, -0.2) is 23.4 Å². The third kappa shape index (κ3) is 11.7. The Morgan fingerprint density at radius 1 is 0.977 bits per heavy atom. The Hall–Kier alpha value is -4.42. The number of rotatable bonds is 21. The van der Waals surface area contributed by atoms with Gasteiger partial charge in [0.1, 0.15) is 11.4 Å². The lowest BCUT2D eigenvalue weighted by Gasteiger charge is -2.42. The number of hydrazine groups is 1. The minimum absolute atomic E-state index is 0.0842. The zero-order chi connectivity index (χ0) is 32.6. The van der Waals surface area contributed by atoms with Crippen LogP contribution in [0.1, 0.15) is 65.4 Å². The van der Waals surface area contributed by atoms with Gasteiger partial charge < -0.3 is 11.1 Å². The van der Waals surface area contributed by atoms with Crippen LogP contribution in [-0.2, 0) is 10.3 Å². The minimum Gasteiger partial charge on any atom is -0.386 e. The highest BCUT2D eigenvalue weighted by Crippen LogP contribution is 2.43. The molecule has 0 aliphatic carbocycles.